The van der Waals surface area contributed by atoms with Gasteiger partial charge in [-0.2, -0.15) is 13.2 Å². The zero-order valence-electron chi connectivity index (χ0n) is 11.7. The second-order valence-corrected chi connectivity index (χ2v) is 5.52. The van der Waals surface area contributed by atoms with Crippen LogP contribution in [0.25, 0.3) is 0 Å². The Morgan fingerprint density at radius 1 is 1.48 bits per heavy atom. The number of rotatable bonds is 6. The van der Waals surface area contributed by atoms with Crippen LogP contribution < -0.4 is 10.6 Å². The highest BCUT2D eigenvalue weighted by atomic mass is 79.9. The number of anilines is 1. The Morgan fingerprint density at radius 2 is 2.14 bits per heavy atom. The molecule has 1 aromatic rings. The van der Waals surface area contributed by atoms with Gasteiger partial charge in [-0.3, -0.25) is 4.79 Å². The number of pyridine rings is 1. The van der Waals surface area contributed by atoms with Crippen molar-refractivity contribution in [2.75, 3.05) is 11.9 Å². The summed E-state index contributed by atoms with van der Waals surface area (Å²) in [4.78, 5) is 15.2. The highest BCUT2D eigenvalue weighted by Gasteiger charge is 2.34. The summed E-state index contributed by atoms with van der Waals surface area (Å²) in [6, 6.07) is 1.00. The van der Waals surface area contributed by atoms with E-state index < -0.39 is 11.7 Å². The van der Waals surface area contributed by atoms with Gasteiger partial charge in [-0.1, -0.05) is 6.92 Å². The van der Waals surface area contributed by atoms with Crippen LogP contribution in [0.5, 0.6) is 0 Å². The van der Waals surface area contributed by atoms with Crippen molar-refractivity contribution < 1.29 is 18.0 Å². The van der Waals surface area contributed by atoms with Crippen molar-refractivity contribution >= 4 is 27.7 Å². The summed E-state index contributed by atoms with van der Waals surface area (Å²) in [5, 5.41) is 5.30. The Bertz CT molecular complexity index is 494. The van der Waals surface area contributed by atoms with E-state index in [9.17, 15) is 18.0 Å². The summed E-state index contributed by atoms with van der Waals surface area (Å²) >= 11 is 2.96. The van der Waals surface area contributed by atoms with E-state index in [4.69, 9.17) is 0 Å². The van der Waals surface area contributed by atoms with Crippen LogP contribution in [0.2, 0.25) is 0 Å². The fourth-order valence-corrected chi connectivity index (χ4v) is 1.87. The number of hydrogen-bond donors (Lipinski definition) is 2. The number of nitrogens with zero attached hydrogens (tertiary/aromatic N) is 1. The minimum Gasteiger partial charge on any atom is -0.369 e. The van der Waals surface area contributed by atoms with Crippen molar-refractivity contribution in [1.82, 2.24) is 10.3 Å². The molecule has 0 aliphatic rings. The van der Waals surface area contributed by atoms with Crippen molar-refractivity contribution in [2.24, 2.45) is 0 Å². The smallest absolute Gasteiger partial charge is 0.369 e. The predicted molar refractivity (Wildman–Crippen MR) is 77.9 cm³/mol. The molecule has 118 valence electrons. The lowest BCUT2D eigenvalue weighted by Crippen LogP contribution is -2.33. The summed E-state index contributed by atoms with van der Waals surface area (Å²) in [7, 11) is 0. The van der Waals surface area contributed by atoms with E-state index >= 15 is 0 Å². The van der Waals surface area contributed by atoms with E-state index in [-0.39, 0.29) is 35.2 Å². The van der Waals surface area contributed by atoms with Gasteiger partial charge in [0.05, 0.1) is 5.56 Å². The summed E-state index contributed by atoms with van der Waals surface area (Å²) in [5.74, 6) is -0.482. The number of nitrogens with one attached hydrogen (secondary N) is 2. The largest absolute Gasteiger partial charge is 0.419 e. The molecule has 0 saturated heterocycles. The minimum absolute atomic E-state index is 0.0500. The number of amides is 1. The third-order valence-corrected chi connectivity index (χ3v) is 3.26. The molecule has 1 atom stereocenters. The van der Waals surface area contributed by atoms with E-state index in [2.05, 4.69) is 31.5 Å². The average molecular weight is 368 g/mol. The van der Waals surface area contributed by atoms with Crippen molar-refractivity contribution in [1.29, 1.82) is 0 Å². The molecule has 1 unspecified atom stereocenters. The number of halogens is 4. The maximum absolute atomic E-state index is 12.9. The standard InChI is InChI=1S/C13H17BrF3N3O/c1-3-8(2)20-11(21)4-5-18-12-10(13(15,16)17)6-9(14)7-19-12/h6-8H,3-5H2,1-2H3,(H,18,19)(H,20,21). The maximum atomic E-state index is 12.9. The molecule has 0 fully saturated rings. The molecule has 0 aliphatic heterocycles. The summed E-state index contributed by atoms with van der Waals surface area (Å²) < 4.78 is 38.8. The normalized spacial score (nSPS) is 12.9. The monoisotopic (exact) mass is 367 g/mol. The van der Waals surface area contributed by atoms with Gasteiger partial charge in [0.2, 0.25) is 5.91 Å². The van der Waals surface area contributed by atoms with Crippen molar-refractivity contribution in [3.05, 3.63) is 22.3 Å². The fourth-order valence-electron chi connectivity index (χ4n) is 1.54. The first kappa shape index (κ1) is 17.7. The number of hydrogen-bond acceptors (Lipinski definition) is 3. The maximum Gasteiger partial charge on any atom is 0.419 e. The Morgan fingerprint density at radius 3 is 2.71 bits per heavy atom. The van der Waals surface area contributed by atoms with Crippen LogP contribution in [0.1, 0.15) is 32.3 Å². The van der Waals surface area contributed by atoms with E-state index in [0.717, 1.165) is 12.5 Å². The van der Waals surface area contributed by atoms with Gasteiger partial charge >= 0.3 is 6.18 Å². The van der Waals surface area contributed by atoms with Crippen LogP contribution in [-0.4, -0.2) is 23.5 Å². The van der Waals surface area contributed by atoms with Gasteiger partial charge in [0.15, 0.2) is 0 Å². The molecule has 1 heterocycles. The lowest BCUT2D eigenvalue weighted by Gasteiger charge is -2.14. The first-order valence-corrected chi connectivity index (χ1v) is 7.29. The van der Waals surface area contributed by atoms with Gasteiger partial charge in [-0.05, 0) is 35.3 Å². The quantitative estimate of drug-likeness (QED) is 0.807. The van der Waals surface area contributed by atoms with Crippen LogP contribution >= 0.6 is 15.9 Å². The number of carbonyl (C=O) groups is 1. The van der Waals surface area contributed by atoms with Gasteiger partial charge in [0.25, 0.3) is 0 Å². The number of carbonyl (C=O) groups excluding carboxylic acids is 1. The van der Waals surface area contributed by atoms with Crippen LogP contribution in [0, 0.1) is 0 Å². The van der Waals surface area contributed by atoms with Gasteiger partial charge in [-0.15, -0.1) is 0 Å². The van der Waals surface area contributed by atoms with Gasteiger partial charge < -0.3 is 10.6 Å². The molecule has 4 nitrogen and oxygen atoms in total. The fraction of sp³-hybridized carbons (Fsp3) is 0.538. The van der Waals surface area contributed by atoms with Crippen molar-refractivity contribution in [3.63, 3.8) is 0 Å². The molecule has 0 saturated carbocycles. The molecule has 1 amide bonds. The molecule has 0 aromatic carbocycles. The highest BCUT2D eigenvalue weighted by Crippen LogP contribution is 2.35. The van der Waals surface area contributed by atoms with Gasteiger partial charge in [-0.25, -0.2) is 4.98 Å². The summed E-state index contributed by atoms with van der Waals surface area (Å²) in [6.45, 7) is 3.88. The summed E-state index contributed by atoms with van der Waals surface area (Å²) in [5.41, 5.74) is -0.862. The van der Waals surface area contributed by atoms with E-state index in [1.54, 1.807) is 0 Å². The molecule has 0 radical (unpaired) electrons. The minimum atomic E-state index is -4.50. The first-order chi connectivity index (χ1) is 9.74. The van der Waals surface area contributed by atoms with Crippen molar-refractivity contribution in [2.45, 2.75) is 38.9 Å². The third-order valence-electron chi connectivity index (χ3n) is 2.82. The second-order valence-electron chi connectivity index (χ2n) is 4.60. The number of alkyl halides is 3. The van der Waals surface area contributed by atoms with Crippen molar-refractivity contribution in [3.8, 4) is 0 Å². The zero-order chi connectivity index (χ0) is 16.0. The van der Waals surface area contributed by atoms with Crippen LogP contribution in [-0.2, 0) is 11.0 Å². The molecular formula is C13H17BrF3N3O. The summed E-state index contributed by atoms with van der Waals surface area (Å²) in [6.07, 6.45) is -2.35. The molecule has 0 spiro atoms. The lowest BCUT2D eigenvalue weighted by atomic mass is 10.2. The van der Waals surface area contributed by atoms with E-state index in [0.29, 0.717) is 0 Å². The Kier molecular flexibility index (Phi) is 6.44. The molecule has 21 heavy (non-hydrogen) atoms. The van der Waals surface area contributed by atoms with E-state index in [1.165, 1.54) is 6.20 Å². The second kappa shape index (κ2) is 7.63. The third kappa shape index (κ3) is 5.91. The van der Waals surface area contributed by atoms with Gasteiger partial charge in [0, 0.05) is 29.7 Å². The van der Waals surface area contributed by atoms with E-state index in [1.807, 2.05) is 13.8 Å². The van der Waals surface area contributed by atoms with Crippen LogP contribution in [0.4, 0.5) is 19.0 Å². The zero-order valence-corrected chi connectivity index (χ0v) is 13.3. The lowest BCUT2D eigenvalue weighted by molar-refractivity contribution is -0.137. The van der Waals surface area contributed by atoms with Gasteiger partial charge in [0.1, 0.15) is 5.82 Å². The Labute approximate surface area is 129 Å². The molecule has 8 heteroatoms. The number of aromatic nitrogens is 1. The SMILES string of the molecule is CCC(C)NC(=O)CCNc1ncc(Br)cc1C(F)(F)F. The molecule has 2 N–H and O–H groups in total. The highest BCUT2D eigenvalue weighted by molar-refractivity contribution is 9.10. The topological polar surface area (TPSA) is 54.0 Å². The van der Waals surface area contributed by atoms with Crippen LogP contribution in [0.15, 0.2) is 16.7 Å². The Hall–Kier alpha value is -1.31. The first-order valence-electron chi connectivity index (χ1n) is 6.50. The average Bonchev–Trinajstić information content (AvgIpc) is 2.39. The van der Waals surface area contributed by atoms with Crippen LogP contribution in [0.3, 0.4) is 0 Å². The molecule has 1 rings (SSSR count). The molecule has 0 aliphatic carbocycles. The predicted octanol–water partition coefficient (Wildman–Crippen LogP) is 3.58. The Balaban J connectivity index is 2.62. The molecule has 0 bridgehead atoms. The molecular weight excluding hydrogens is 351 g/mol. The molecule has 1 aromatic heterocycles.